The van der Waals surface area contributed by atoms with Gasteiger partial charge in [0.05, 0.1) is 21.5 Å². The van der Waals surface area contributed by atoms with E-state index in [1.54, 1.807) is 36.4 Å². The number of hydrogen-bond acceptors (Lipinski definition) is 3. The lowest BCUT2D eigenvalue weighted by Crippen LogP contribution is -2.27. The Balaban J connectivity index is 2.15. The number of carbonyl (C=O) groups excluding carboxylic acids is 1. The van der Waals surface area contributed by atoms with Gasteiger partial charge in [0.15, 0.2) is 0 Å². The summed E-state index contributed by atoms with van der Waals surface area (Å²) in [4.78, 5) is 12.5. The van der Waals surface area contributed by atoms with Gasteiger partial charge in [-0.2, -0.15) is 0 Å². The van der Waals surface area contributed by atoms with Crippen LogP contribution in [0.15, 0.2) is 53.4 Å². The van der Waals surface area contributed by atoms with Crippen molar-refractivity contribution in [2.45, 2.75) is 17.9 Å². The van der Waals surface area contributed by atoms with E-state index in [9.17, 15) is 13.2 Å². The van der Waals surface area contributed by atoms with E-state index in [-0.39, 0.29) is 16.8 Å². The van der Waals surface area contributed by atoms with E-state index in [0.29, 0.717) is 10.6 Å². The van der Waals surface area contributed by atoms with Gasteiger partial charge >= 0.3 is 0 Å². The van der Waals surface area contributed by atoms with Gasteiger partial charge in [-0.15, -0.1) is 0 Å². The first kappa shape index (κ1) is 18.4. The number of rotatable bonds is 5. The molecule has 24 heavy (non-hydrogen) atoms. The van der Waals surface area contributed by atoms with Crippen molar-refractivity contribution in [3.63, 3.8) is 0 Å². The lowest BCUT2D eigenvalue weighted by atomic mass is 10.1. The van der Waals surface area contributed by atoms with Crippen molar-refractivity contribution in [1.82, 2.24) is 9.62 Å². The summed E-state index contributed by atoms with van der Waals surface area (Å²) < 4.78 is 25.3. The SMILES string of the molecule is CC(NC(=O)c1ccccc1Cl)c1ccc(S(=O)(=O)N(C)C)cc1. The zero-order valence-electron chi connectivity index (χ0n) is 13.7. The Labute approximate surface area is 147 Å². The fourth-order valence-electron chi connectivity index (χ4n) is 2.14. The topological polar surface area (TPSA) is 66.5 Å². The summed E-state index contributed by atoms with van der Waals surface area (Å²) in [6, 6.07) is 13.0. The summed E-state index contributed by atoms with van der Waals surface area (Å²) in [6.45, 7) is 1.82. The Morgan fingerprint density at radius 2 is 1.67 bits per heavy atom. The lowest BCUT2D eigenvalue weighted by Gasteiger charge is -2.16. The molecule has 5 nitrogen and oxygen atoms in total. The molecule has 1 atom stereocenters. The van der Waals surface area contributed by atoms with Crippen LogP contribution in [0.25, 0.3) is 0 Å². The molecule has 0 fully saturated rings. The number of carbonyl (C=O) groups is 1. The maximum Gasteiger partial charge on any atom is 0.253 e. The molecule has 7 heteroatoms. The Kier molecular flexibility index (Phi) is 5.64. The van der Waals surface area contributed by atoms with Crippen LogP contribution in [0.3, 0.4) is 0 Å². The molecule has 1 unspecified atom stereocenters. The highest BCUT2D eigenvalue weighted by molar-refractivity contribution is 7.89. The second-order valence-corrected chi connectivity index (χ2v) is 8.09. The molecular formula is C17H19ClN2O3S. The first-order chi connectivity index (χ1) is 11.2. The Morgan fingerprint density at radius 3 is 2.21 bits per heavy atom. The van der Waals surface area contributed by atoms with Gasteiger partial charge in [-0.25, -0.2) is 12.7 Å². The molecule has 2 rings (SSSR count). The molecule has 0 aliphatic heterocycles. The summed E-state index contributed by atoms with van der Waals surface area (Å²) in [7, 11) is -0.499. The van der Waals surface area contributed by atoms with Crippen molar-refractivity contribution in [3.8, 4) is 0 Å². The van der Waals surface area contributed by atoms with Crippen molar-refractivity contribution in [3.05, 3.63) is 64.7 Å². The summed E-state index contributed by atoms with van der Waals surface area (Å²) >= 11 is 6.02. The number of sulfonamides is 1. The Bertz CT molecular complexity index is 833. The minimum absolute atomic E-state index is 0.209. The average Bonchev–Trinajstić information content (AvgIpc) is 2.55. The third-order valence-electron chi connectivity index (χ3n) is 3.62. The normalized spacial score (nSPS) is 12.9. The van der Waals surface area contributed by atoms with Gasteiger partial charge in [0, 0.05) is 14.1 Å². The molecule has 0 aliphatic rings. The van der Waals surface area contributed by atoms with Crippen molar-refractivity contribution in [1.29, 1.82) is 0 Å². The number of hydrogen-bond donors (Lipinski definition) is 1. The van der Waals surface area contributed by atoms with Gasteiger partial charge in [0.1, 0.15) is 0 Å². The summed E-state index contributed by atoms with van der Waals surface area (Å²) in [6.07, 6.45) is 0. The standard InChI is InChI=1S/C17H19ClN2O3S/c1-12(19-17(21)15-6-4-5-7-16(15)18)13-8-10-14(11-9-13)24(22,23)20(2)3/h4-12H,1-3H3,(H,19,21). The largest absolute Gasteiger partial charge is 0.345 e. The fraction of sp³-hybridized carbons (Fsp3) is 0.235. The monoisotopic (exact) mass is 366 g/mol. The molecule has 0 heterocycles. The molecule has 0 bridgehead atoms. The summed E-state index contributed by atoms with van der Waals surface area (Å²) in [5, 5.41) is 3.23. The fourth-order valence-corrected chi connectivity index (χ4v) is 3.27. The van der Waals surface area contributed by atoms with Crippen LogP contribution in [0.2, 0.25) is 5.02 Å². The van der Waals surface area contributed by atoms with E-state index in [0.717, 1.165) is 9.87 Å². The van der Waals surface area contributed by atoms with Crippen LogP contribution in [-0.4, -0.2) is 32.7 Å². The second kappa shape index (κ2) is 7.34. The van der Waals surface area contributed by atoms with Crippen LogP contribution in [0.5, 0.6) is 0 Å². The van der Waals surface area contributed by atoms with E-state index in [2.05, 4.69) is 5.32 Å². The molecule has 0 saturated heterocycles. The quantitative estimate of drug-likeness (QED) is 0.884. The number of nitrogens with one attached hydrogen (secondary N) is 1. The van der Waals surface area contributed by atoms with Crippen molar-refractivity contribution in [2.24, 2.45) is 0 Å². The van der Waals surface area contributed by atoms with E-state index in [1.807, 2.05) is 6.92 Å². The zero-order chi connectivity index (χ0) is 17.9. The van der Waals surface area contributed by atoms with Crippen molar-refractivity contribution >= 4 is 27.5 Å². The molecule has 0 saturated carbocycles. The first-order valence-corrected chi connectivity index (χ1v) is 9.13. The van der Waals surface area contributed by atoms with Gasteiger partial charge in [0.2, 0.25) is 10.0 Å². The predicted molar refractivity (Wildman–Crippen MR) is 94.6 cm³/mol. The minimum Gasteiger partial charge on any atom is -0.345 e. The molecule has 0 spiro atoms. The molecule has 0 aromatic heterocycles. The van der Waals surface area contributed by atoms with Gasteiger partial charge in [-0.05, 0) is 36.8 Å². The molecular weight excluding hydrogens is 348 g/mol. The minimum atomic E-state index is -3.46. The average molecular weight is 367 g/mol. The van der Waals surface area contributed by atoms with E-state index in [1.165, 1.54) is 26.2 Å². The predicted octanol–water partition coefficient (Wildman–Crippen LogP) is 3.08. The summed E-state index contributed by atoms with van der Waals surface area (Å²) in [5.41, 5.74) is 1.20. The third-order valence-corrected chi connectivity index (χ3v) is 5.78. The smallest absolute Gasteiger partial charge is 0.253 e. The van der Waals surface area contributed by atoms with Gasteiger partial charge in [-0.3, -0.25) is 4.79 Å². The third kappa shape index (κ3) is 3.95. The molecule has 2 aromatic rings. The Morgan fingerprint density at radius 1 is 1.08 bits per heavy atom. The number of halogens is 1. The van der Waals surface area contributed by atoms with E-state index in [4.69, 9.17) is 11.6 Å². The van der Waals surface area contributed by atoms with Crippen molar-refractivity contribution in [2.75, 3.05) is 14.1 Å². The highest BCUT2D eigenvalue weighted by atomic mass is 35.5. The molecule has 128 valence electrons. The first-order valence-electron chi connectivity index (χ1n) is 7.31. The number of benzene rings is 2. The van der Waals surface area contributed by atoms with Crippen LogP contribution < -0.4 is 5.32 Å². The van der Waals surface area contributed by atoms with Crippen LogP contribution in [0.1, 0.15) is 28.9 Å². The van der Waals surface area contributed by atoms with Crippen molar-refractivity contribution < 1.29 is 13.2 Å². The van der Waals surface area contributed by atoms with Crippen LogP contribution in [-0.2, 0) is 10.0 Å². The number of amides is 1. The van der Waals surface area contributed by atoms with E-state index >= 15 is 0 Å². The Hall–Kier alpha value is -1.89. The molecule has 1 amide bonds. The maximum atomic E-state index is 12.3. The van der Waals surface area contributed by atoms with E-state index < -0.39 is 10.0 Å². The molecule has 1 N–H and O–H groups in total. The molecule has 0 aliphatic carbocycles. The summed E-state index contributed by atoms with van der Waals surface area (Å²) in [5.74, 6) is -0.280. The van der Waals surface area contributed by atoms with Crippen LogP contribution >= 0.6 is 11.6 Å². The van der Waals surface area contributed by atoms with Gasteiger partial charge in [0.25, 0.3) is 5.91 Å². The second-order valence-electron chi connectivity index (χ2n) is 5.53. The molecule has 0 radical (unpaired) electrons. The lowest BCUT2D eigenvalue weighted by molar-refractivity contribution is 0.0940. The number of nitrogens with zero attached hydrogens (tertiary/aromatic N) is 1. The molecule has 2 aromatic carbocycles. The highest BCUT2D eigenvalue weighted by Crippen LogP contribution is 2.20. The van der Waals surface area contributed by atoms with Crippen LogP contribution in [0, 0.1) is 0 Å². The highest BCUT2D eigenvalue weighted by Gasteiger charge is 2.18. The van der Waals surface area contributed by atoms with Gasteiger partial charge in [-0.1, -0.05) is 35.9 Å². The van der Waals surface area contributed by atoms with Gasteiger partial charge < -0.3 is 5.32 Å². The maximum absolute atomic E-state index is 12.3. The zero-order valence-corrected chi connectivity index (χ0v) is 15.2. The van der Waals surface area contributed by atoms with Crippen LogP contribution in [0.4, 0.5) is 0 Å².